The zero-order chi connectivity index (χ0) is 18.1. The highest BCUT2D eigenvalue weighted by atomic mass is 16.5. The highest BCUT2D eigenvalue weighted by molar-refractivity contribution is 5.94. The lowest BCUT2D eigenvalue weighted by atomic mass is 10.1. The van der Waals surface area contributed by atoms with Crippen LogP contribution in [0.2, 0.25) is 0 Å². The van der Waals surface area contributed by atoms with Gasteiger partial charge in [-0.25, -0.2) is 0 Å². The maximum atomic E-state index is 12.4. The van der Waals surface area contributed by atoms with E-state index in [9.17, 15) is 4.79 Å². The van der Waals surface area contributed by atoms with Crippen molar-refractivity contribution >= 4 is 5.91 Å². The minimum Gasteiger partial charge on any atom is -0.493 e. The van der Waals surface area contributed by atoms with Gasteiger partial charge in [0.2, 0.25) is 0 Å². The first-order valence-electron chi connectivity index (χ1n) is 8.37. The van der Waals surface area contributed by atoms with Gasteiger partial charge in [0, 0.05) is 24.3 Å². The molecule has 2 aromatic rings. The molecule has 0 fully saturated rings. The standard InChI is InChI=1S/C20H25NO4/c1-4-24-19-11-10-16(20(22)21-15(2)13-23-3)12-17(19)14-25-18-8-6-5-7-9-18/h5-12,15H,4,13-14H2,1-3H3,(H,21,22)/t15-/m0/s1. The molecule has 1 N–H and O–H groups in total. The number of carbonyl (C=O) groups excluding carboxylic acids is 1. The Morgan fingerprint density at radius 1 is 1.12 bits per heavy atom. The first kappa shape index (κ1) is 18.8. The van der Waals surface area contributed by atoms with E-state index in [4.69, 9.17) is 14.2 Å². The second kappa shape index (κ2) is 9.69. The third-order valence-corrected chi connectivity index (χ3v) is 3.55. The molecule has 0 aliphatic rings. The van der Waals surface area contributed by atoms with Crippen molar-refractivity contribution in [1.29, 1.82) is 0 Å². The summed E-state index contributed by atoms with van der Waals surface area (Å²) in [5.41, 5.74) is 1.40. The van der Waals surface area contributed by atoms with Gasteiger partial charge in [-0.3, -0.25) is 4.79 Å². The Hall–Kier alpha value is -2.53. The second-order valence-electron chi connectivity index (χ2n) is 5.69. The van der Waals surface area contributed by atoms with Gasteiger partial charge in [-0.2, -0.15) is 0 Å². The zero-order valence-corrected chi connectivity index (χ0v) is 15.0. The van der Waals surface area contributed by atoms with E-state index in [0.29, 0.717) is 25.4 Å². The van der Waals surface area contributed by atoms with Crippen LogP contribution in [0.1, 0.15) is 29.8 Å². The lowest BCUT2D eigenvalue weighted by Crippen LogP contribution is -2.35. The number of amides is 1. The van der Waals surface area contributed by atoms with Crippen LogP contribution in [-0.2, 0) is 11.3 Å². The average molecular weight is 343 g/mol. The minimum absolute atomic E-state index is 0.0620. The Morgan fingerprint density at radius 3 is 2.56 bits per heavy atom. The largest absolute Gasteiger partial charge is 0.493 e. The van der Waals surface area contributed by atoms with Gasteiger partial charge in [0.05, 0.1) is 13.2 Å². The molecule has 2 rings (SSSR count). The van der Waals surface area contributed by atoms with Crippen LogP contribution in [0, 0.1) is 0 Å². The van der Waals surface area contributed by atoms with E-state index in [1.165, 1.54) is 0 Å². The van der Waals surface area contributed by atoms with Gasteiger partial charge in [-0.05, 0) is 44.2 Å². The molecule has 0 heterocycles. The lowest BCUT2D eigenvalue weighted by Gasteiger charge is -2.15. The molecule has 2 aromatic carbocycles. The molecule has 0 radical (unpaired) electrons. The molecule has 0 aliphatic carbocycles. The summed E-state index contributed by atoms with van der Waals surface area (Å²) in [4.78, 5) is 12.4. The fourth-order valence-corrected chi connectivity index (χ4v) is 2.41. The average Bonchev–Trinajstić information content (AvgIpc) is 2.62. The smallest absolute Gasteiger partial charge is 0.251 e. The third-order valence-electron chi connectivity index (χ3n) is 3.55. The molecule has 0 bridgehead atoms. The summed E-state index contributed by atoms with van der Waals surface area (Å²) in [6, 6.07) is 14.9. The minimum atomic E-state index is -0.145. The summed E-state index contributed by atoms with van der Waals surface area (Å²) in [5, 5.41) is 2.90. The number of rotatable bonds is 9. The van der Waals surface area contributed by atoms with Crippen LogP contribution in [0.5, 0.6) is 11.5 Å². The maximum Gasteiger partial charge on any atom is 0.251 e. The van der Waals surface area contributed by atoms with Crippen LogP contribution in [0.3, 0.4) is 0 Å². The molecule has 0 aromatic heterocycles. The fourth-order valence-electron chi connectivity index (χ4n) is 2.41. The summed E-state index contributed by atoms with van der Waals surface area (Å²) in [6.07, 6.45) is 0. The van der Waals surface area contributed by atoms with Gasteiger partial charge in [-0.1, -0.05) is 18.2 Å². The van der Waals surface area contributed by atoms with E-state index in [-0.39, 0.29) is 11.9 Å². The predicted octanol–water partition coefficient (Wildman–Crippen LogP) is 3.43. The lowest BCUT2D eigenvalue weighted by molar-refractivity contribution is 0.0905. The van der Waals surface area contributed by atoms with Crippen LogP contribution < -0.4 is 14.8 Å². The molecule has 0 saturated carbocycles. The Bertz CT molecular complexity index is 673. The molecule has 0 saturated heterocycles. The van der Waals surface area contributed by atoms with Crippen molar-refractivity contribution in [3.63, 3.8) is 0 Å². The van der Waals surface area contributed by atoms with Gasteiger partial charge in [0.25, 0.3) is 5.91 Å². The van der Waals surface area contributed by atoms with Crippen LogP contribution in [-0.4, -0.2) is 32.3 Å². The Labute approximate surface area is 148 Å². The van der Waals surface area contributed by atoms with Crippen molar-refractivity contribution in [1.82, 2.24) is 5.32 Å². The number of hydrogen-bond acceptors (Lipinski definition) is 4. The number of hydrogen-bond donors (Lipinski definition) is 1. The van der Waals surface area contributed by atoms with Crippen molar-refractivity contribution in [3.05, 3.63) is 59.7 Å². The predicted molar refractivity (Wildman–Crippen MR) is 97.2 cm³/mol. The monoisotopic (exact) mass is 343 g/mol. The number of carbonyl (C=O) groups is 1. The molecule has 134 valence electrons. The van der Waals surface area contributed by atoms with E-state index in [0.717, 1.165) is 17.1 Å². The number of para-hydroxylation sites is 1. The van der Waals surface area contributed by atoms with E-state index >= 15 is 0 Å². The normalized spacial score (nSPS) is 11.6. The van der Waals surface area contributed by atoms with Crippen molar-refractivity contribution in [2.75, 3.05) is 20.3 Å². The maximum absolute atomic E-state index is 12.4. The van der Waals surface area contributed by atoms with E-state index in [1.807, 2.05) is 56.3 Å². The van der Waals surface area contributed by atoms with Crippen LogP contribution in [0.25, 0.3) is 0 Å². The molecule has 5 heteroatoms. The summed E-state index contributed by atoms with van der Waals surface area (Å²) in [6.45, 7) is 5.17. The number of nitrogens with one attached hydrogen (secondary N) is 1. The number of benzene rings is 2. The van der Waals surface area contributed by atoms with Crippen LogP contribution in [0.15, 0.2) is 48.5 Å². The summed E-state index contributed by atoms with van der Waals surface area (Å²) < 4.78 is 16.5. The highest BCUT2D eigenvalue weighted by Crippen LogP contribution is 2.23. The summed E-state index contributed by atoms with van der Waals surface area (Å²) in [7, 11) is 1.61. The zero-order valence-electron chi connectivity index (χ0n) is 15.0. The van der Waals surface area contributed by atoms with Crippen molar-refractivity contribution in [2.24, 2.45) is 0 Å². The fraction of sp³-hybridized carbons (Fsp3) is 0.350. The van der Waals surface area contributed by atoms with Gasteiger partial charge >= 0.3 is 0 Å². The quantitative estimate of drug-likeness (QED) is 0.758. The first-order chi connectivity index (χ1) is 12.1. The van der Waals surface area contributed by atoms with Crippen molar-refractivity contribution in [2.45, 2.75) is 26.5 Å². The van der Waals surface area contributed by atoms with Gasteiger partial charge in [0.15, 0.2) is 0 Å². The Morgan fingerprint density at radius 2 is 1.88 bits per heavy atom. The Balaban J connectivity index is 2.13. The van der Waals surface area contributed by atoms with Gasteiger partial charge in [-0.15, -0.1) is 0 Å². The topological polar surface area (TPSA) is 56.8 Å². The molecule has 0 aliphatic heterocycles. The molecule has 0 spiro atoms. The third kappa shape index (κ3) is 5.80. The van der Waals surface area contributed by atoms with E-state index in [2.05, 4.69) is 5.32 Å². The number of methoxy groups -OCH3 is 1. The molecule has 1 amide bonds. The molecular weight excluding hydrogens is 318 g/mol. The molecular formula is C20H25NO4. The molecule has 25 heavy (non-hydrogen) atoms. The van der Waals surface area contributed by atoms with Crippen LogP contribution in [0.4, 0.5) is 0 Å². The molecule has 1 atom stereocenters. The van der Waals surface area contributed by atoms with E-state index < -0.39 is 0 Å². The SMILES string of the molecule is CCOc1ccc(C(=O)N[C@@H](C)COC)cc1COc1ccccc1. The molecule has 0 unspecified atom stereocenters. The number of ether oxygens (including phenoxy) is 3. The van der Waals surface area contributed by atoms with E-state index in [1.54, 1.807) is 13.2 Å². The van der Waals surface area contributed by atoms with Gasteiger partial charge < -0.3 is 19.5 Å². The van der Waals surface area contributed by atoms with Crippen LogP contribution >= 0.6 is 0 Å². The first-order valence-corrected chi connectivity index (χ1v) is 8.37. The van der Waals surface area contributed by atoms with Crippen molar-refractivity contribution < 1.29 is 19.0 Å². The highest BCUT2D eigenvalue weighted by Gasteiger charge is 2.13. The molecule has 5 nitrogen and oxygen atoms in total. The Kier molecular flexibility index (Phi) is 7.29. The second-order valence-corrected chi connectivity index (χ2v) is 5.69. The van der Waals surface area contributed by atoms with Crippen molar-refractivity contribution in [3.8, 4) is 11.5 Å². The summed E-state index contributed by atoms with van der Waals surface area (Å²) in [5.74, 6) is 1.35. The van der Waals surface area contributed by atoms with Gasteiger partial charge in [0.1, 0.15) is 18.1 Å². The summed E-state index contributed by atoms with van der Waals surface area (Å²) >= 11 is 0.